The topological polar surface area (TPSA) is 101 Å². The minimum absolute atomic E-state index is 0.100. The van der Waals surface area contributed by atoms with Crippen molar-refractivity contribution in [3.8, 4) is 16.3 Å². The number of hydrogen-bond acceptors (Lipinski definition) is 6. The summed E-state index contributed by atoms with van der Waals surface area (Å²) in [4.78, 5) is 45.7. The molecule has 3 heterocycles. The third kappa shape index (κ3) is 4.69. The summed E-state index contributed by atoms with van der Waals surface area (Å²) in [6.45, 7) is 0.650. The number of rotatable bonds is 5. The lowest BCUT2D eigenvalue weighted by molar-refractivity contribution is -0.147. The molecule has 3 amide bonds. The molecular weight excluding hydrogens is 548 g/mol. The van der Waals surface area contributed by atoms with Gasteiger partial charge in [0.05, 0.1) is 26.7 Å². The summed E-state index contributed by atoms with van der Waals surface area (Å²) >= 11 is 7.87. The van der Waals surface area contributed by atoms with Gasteiger partial charge in [0.2, 0.25) is 11.8 Å². The summed E-state index contributed by atoms with van der Waals surface area (Å²) in [6.07, 6.45) is 0.709. The number of benzene rings is 3. The standard InChI is InChI=1S/C30H27ClN4O4S/c1-32-29(38)30(39-24-12-5-3-8-19(24)27-34-23-11-6-9-21(31)26(23)40-27)13-15-35(16-14-30)28(37)20-17-25(36)33-22-10-4-2-7-18(20)22/h2-12,20H,13-17H2,1H3,(H,32,38)(H,33,36). The number of carbonyl (C=O) groups excluding carboxylic acids is 3. The van der Waals surface area contributed by atoms with Crippen molar-refractivity contribution in [2.45, 2.75) is 30.8 Å². The summed E-state index contributed by atoms with van der Waals surface area (Å²) in [7, 11) is 1.59. The Hall–Kier alpha value is -3.95. The van der Waals surface area contributed by atoms with Gasteiger partial charge in [0.1, 0.15) is 10.8 Å². The number of para-hydroxylation sites is 2. The van der Waals surface area contributed by atoms with Crippen LogP contribution in [0.15, 0.2) is 66.7 Å². The van der Waals surface area contributed by atoms with Crippen LogP contribution in [0.5, 0.6) is 5.75 Å². The first-order valence-electron chi connectivity index (χ1n) is 13.1. The minimum atomic E-state index is -1.17. The maximum atomic E-state index is 13.6. The maximum Gasteiger partial charge on any atom is 0.264 e. The van der Waals surface area contributed by atoms with Crippen LogP contribution in [0.2, 0.25) is 5.02 Å². The molecule has 1 saturated heterocycles. The molecule has 1 fully saturated rings. The number of thiazole rings is 1. The van der Waals surface area contributed by atoms with Crippen molar-refractivity contribution < 1.29 is 19.1 Å². The second-order valence-electron chi connectivity index (χ2n) is 10.00. The van der Waals surface area contributed by atoms with E-state index in [0.717, 1.165) is 26.4 Å². The molecule has 10 heteroatoms. The van der Waals surface area contributed by atoms with Crippen molar-refractivity contribution in [2.24, 2.45) is 0 Å². The number of nitrogens with one attached hydrogen (secondary N) is 2. The number of piperidine rings is 1. The van der Waals surface area contributed by atoms with E-state index in [-0.39, 0.29) is 24.1 Å². The van der Waals surface area contributed by atoms with Crippen LogP contribution in [0.1, 0.15) is 30.7 Å². The smallest absolute Gasteiger partial charge is 0.264 e. The van der Waals surface area contributed by atoms with Crippen LogP contribution >= 0.6 is 22.9 Å². The summed E-state index contributed by atoms with van der Waals surface area (Å²) in [5.41, 5.74) is 1.89. The Bertz CT molecular complexity index is 1630. The van der Waals surface area contributed by atoms with Gasteiger partial charge in [-0.05, 0) is 35.9 Å². The Balaban J connectivity index is 1.26. The van der Waals surface area contributed by atoms with Gasteiger partial charge in [-0.2, -0.15) is 0 Å². The summed E-state index contributed by atoms with van der Waals surface area (Å²) < 4.78 is 7.46. The van der Waals surface area contributed by atoms with Crippen LogP contribution in [-0.2, 0) is 14.4 Å². The fourth-order valence-corrected chi connectivity index (χ4v) is 6.80. The SMILES string of the molecule is CNC(=O)C1(Oc2ccccc2-c2nc3cccc(Cl)c3s2)CCN(C(=O)C2CC(=O)Nc3ccccc32)CC1. The second-order valence-corrected chi connectivity index (χ2v) is 11.4. The number of fused-ring (bicyclic) bond motifs is 2. The fraction of sp³-hybridized carbons (Fsp3) is 0.267. The van der Waals surface area contributed by atoms with Gasteiger partial charge in [0, 0.05) is 45.1 Å². The number of halogens is 1. The predicted octanol–water partition coefficient (Wildman–Crippen LogP) is 5.23. The molecule has 2 aliphatic heterocycles. The molecule has 40 heavy (non-hydrogen) atoms. The number of amides is 3. The Morgan fingerprint density at radius 2 is 1.82 bits per heavy atom. The molecule has 204 valence electrons. The van der Waals surface area contributed by atoms with Crippen molar-refractivity contribution in [1.82, 2.24) is 15.2 Å². The Morgan fingerprint density at radius 3 is 2.60 bits per heavy atom. The number of ether oxygens (including phenoxy) is 1. The van der Waals surface area contributed by atoms with Crippen LogP contribution in [0, 0.1) is 0 Å². The largest absolute Gasteiger partial charge is 0.477 e. The van der Waals surface area contributed by atoms with Crippen LogP contribution < -0.4 is 15.4 Å². The summed E-state index contributed by atoms with van der Waals surface area (Å²) in [5, 5.41) is 6.98. The van der Waals surface area contributed by atoms with E-state index in [2.05, 4.69) is 10.6 Å². The third-order valence-electron chi connectivity index (χ3n) is 7.61. The molecule has 0 spiro atoms. The highest BCUT2D eigenvalue weighted by Crippen LogP contribution is 2.41. The van der Waals surface area contributed by atoms with E-state index >= 15 is 0 Å². The number of carbonyl (C=O) groups is 3. The van der Waals surface area contributed by atoms with Gasteiger partial charge in [-0.3, -0.25) is 14.4 Å². The van der Waals surface area contributed by atoms with Gasteiger partial charge in [-0.25, -0.2) is 4.98 Å². The van der Waals surface area contributed by atoms with Gasteiger partial charge in [0.25, 0.3) is 5.91 Å². The first-order chi connectivity index (χ1) is 19.4. The number of nitrogens with zero attached hydrogens (tertiary/aromatic N) is 2. The van der Waals surface area contributed by atoms with Crippen molar-refractivity contribution in [1.29, 1.82) is 0 Å². The van der Waals surface area contributed by atoms with Gasteiger partial charge in [-0.1, -0.05) is 48.0 Å². The van der Waals surface area contributed by atoms with Crippen LogP contribution in [0.4, 0.5) is 5.69 Å². The highest BCUT2D eigenvalue weighted by Gasteiger charge is 2.46. The molecule has 0 radical (unpaired) electrons. The lowest BCUT2D eigenvalue weighted by atomic mass is 9.86. The van der Waals surface area contributed by atoms with E-state index in [1.165, 1.54) is 11.3 Å². The first-order valence-corrected chi connectivity index (χ1v) is 14.3. The van der Waals surface area contributed by atoms with Gasteiger partial charge >= 0.3 is 0 Å². The summed E-state index contributed by atoms with van der Waals surface area (Å²) in [6, 6.07) is 20.5. The van der Waals surface area contributed by atoms with Crippen molar-refractivity contribution in [3.63, 3.8) is 0 Å². The van der Waals surface area contributed by atoms with E-state index in [9.17, 15) is 14.4 Å². The van der Waals surface area contributed by atoms with E-state index in [4.69, 9.17) is 21.3 Å². The highest BCUT2D eigenvalue weighted by atomic mass is 35.5. The molecule has 2 N–H and O–H groups in total. The quantitative estimate of drug-likeness (QED) is 0.340. The van der Waals surface area contributed by atoms with Crippen LogP contribution in [0.25, 0.3) is 20.8 Å². The highest BCUT2D eigenvalue weighted by molar-refractivity contribution is 7.22. The van der Waals surface area contributed by atoms with Gasteiger partial charge in [0.15, 0.2) is 5.60 Å². The number of hydrogen-bond donors (Lipinski definition) is 2. The van der Waals surface area contributed by atoms with Crippen molar-refractivity contribution in [2.75, 3.05) is 25.5 Å². The number of likely N-dealkylation sites (tertiary alicyclic amines) is 1. The lowest BCUT2D eigenvalue weighted by Crippen LogP contribution is -2.58. The molecule has 6 rings (SSSR count). The zero-order chi connectivity index (χ0) is 27.9. The Morgan fingerprint density at radius 1 is 1.07 bits per heavy atom. The van der Waals surface area contributed by atoms with E-state index < -0.39 is 11.5 Å². The van der Waals surface area contributed by atoms with Gasteiger partial charge in [-0.15, -0.1) is 11.3 Å². The lowest BCUT2D eigenvalue weighted by Gasteiger charge is -2.41. The number of anilines is 1. The molecule has 8 nitrogen and oxygen atoms in total. The predicted molar refractivity (Wildman–Crippen MR) is 156 cm³/mol. The fourth-order valence-electron chi connectivity index (χ4n) is 5.52. The van der Waals surface area contributed by atoms with Gasteiger partial charge < -0.3 is 20.3 Å². The molecule has 4 aromatic rings. The van der Waals surface area contributed by atoms with Crippen molar-refractivity contribution in [3.05, 3.63) is 77.3 Å². The molecule has 0 saturated carbocycles. The zero-order valence-electron chi connectivity index (χ0n) is 21.8. The number of likely N-dealkylation sites (N-methyl/N-ethyl adjacent to an activating group) is 1. The maximum absolute atomic E-state index is 13.6. The minimum Gasteiger partial charge on any atom is -0.477 e. The molecule has 1 aromatic heterocycles. The normalized spacial score (nSPS) is 18.1. The monoisotopic (exact) mass is 574 g/mol. The molecule has 2 aliphatic rings. The summed E-state index contributed by atoms with van der Waals surface area (Å²) in [5.74, 6) is -0.544. The first kappa shape index (κ1) is 26.3. The van der Waals surface area contributed by atoms with Crippen LogP contribution in [0.3, 0.4) is 0 Å². The molecular formula is C30H27ClN4O4S. The van der Waals surface area contributed by atoms with E-state index in [1.807, 2.05) is 66.7 Å². The van der Waals surface area contributed by atoms with Crippen molar-refractivity contribution >= 4 is 56.6 Å². The van der Waals surface area contributed by atoms with Crippen LogP contribution in [-0.4, -0.2) is 53.3 Å². The van der Waals surface area contributed by atoms with E-state index in [1.54, 1.807) is 11.9 Å². The third-order valence-corrected chi connectivity index (χ3v) is 9.18. The Kier molecular flexibility index (Phi) is 6.93. The number of aromatic nitrogens is 1. The average molecular weight is 575 g/mol. The molecule has 3 aromatic carbocycles. The molecule has 0 bridgehead atoms. The molecule has 1 unspecified atom stereocenters. The zero-order valence-corrected chi connectivity index (χ0v) is 23.3. The molecule has 1 atom stereocenters. The second kappa shape index (κ2) is 10.6. The van der Waals surface area contributed by atoms with E-state index in [0.29, 0.717) is 42.4 Å². The average Bonchev–Trinajstić information content (AvgIpc) is 3.42. The Labute approximate surface area is 240 Å². The molecule has 0 aliphatic carbocycles.